The number of carbonyl (C=O) groups is 1. The number of hydrogen-bond donors (Lipinski definition) is 1. The fraction of sp³-hybridized carbons (Fsp3) is 0.385. The largest absolute Gasteiger partial charge is 0.341 e. The van der Waals surface area contributed by atoms with E-state index in [0.29, 0.717) is 13.0 Å². The van der Waals surface area contributed by atoms with Crippen LogP contribution in [0.5, 0.6) is 0 Å². The van der Waals surface area contributed by atoms with E-state index in [1.807, 2.05) is 24.4 Å². The Morgan fingerprint density at radius 1 is 1.45 bits per heavy atom. The smallest absolute Gasteiger partial charge is 0.228 e. The van der Waals surface area contributed by atoms with Crippen LogP contribution in [-0.4, -0.2) is 35.4 Å². The first-order chi connectivity index (χ1) is 9.51. The van der Waals surface area contributed by atoms with E-state index >= 15 is 0 Å². The highest BCUT2D eigenvalue weighted by atomic mass is 35.5. The summed E-state index contributed by atoms with van der Waals surface area (Å²) in [5.74, 6) is 0.0315. The van der Waals surface area contributed by atoms with E-state index in [0.717, 1.165) is 19.9 Å². The van der Waals surface area contributed by atoms with Crippen LogP contribution in [-0.2, 0) is 11.2 Å². The summed E-state index contributed by atoms with van der Waals surface area (Å²) in [6, 6.07) is 3.83. The highest BCUT2D eigenvalue weighted by Gasteiger charge is 2.16. The molecular weight excluding hydrogens is 385 g/mol. The van der Waals surface area contributed by atoms with E-state index in [2.05, 4.69) is 4.98 Å². The second kappa shape index (κ2) is 9.70. The summed E-state index contributed by atoms with van der Waals surface area (Å²) in [6.07, 6.45) is 0.302. The number of hydrogen-bond acceptors (Lipinski definition) is 5. The van der Waals surface area contributed by atoms with Gasteiger partial charge in [0.05, 0.1) is 21.3 Å². The Hall–Kier alpha value is -0.370. The van der Waals surface area contributed by atoms with Crippen molar-refractivity contribution in [1.29, 1.82) is 0 Å². The van der Waals surface area contributed by atoms with E-state index in [1.54, 1.807) is 11.9 Å². The van der Waals surface area contributed by atoms with E-state index in [1.165, 1.54) is 22.7 Å². The molecule has 0 aliphatic heterocycles. The van der Waals surface area contributed by atoms with E-state index in [4.69, 9.17) is 17.3 Å². The maximum atomic E-state index is 12.1. The lowest BCUT2D eigenvalue weighted by Crippen LogP contribution is -2.40. The second-order valence-corrected chi connectivity index (χ2v) is 7.09. The highest BCUT2D eigenvalue weighted by Crippen LogP contribution is 2.33. The van der Waals surface area contributed by atoms with Crippen molar-refractivity contribution in [3.63, 3.8) is 0 Å². The van der Waals surface area contributed by atoms with Crippen molar-refractivity contribution in [3.8, 4) is 9.88 Å². The van der Waals surface area contributed by atoms with Crippen LogP contribution in [0.15, 0.2) is 17.5 Å². The molecule has 124 valence electrons. The first-order valence-corrected chi connectivity index (χ1v) is 8.24. The molecule has 0 saturated carbocycles. The van der Waals surface area contributed by atoms with Gasteiger partial charge in [-0.3, -0.25) is 4.79 Å². The topological polar surface area (TPSA) is 59.2 Å². The lowest BCUT2D eigenvalue weighted by Gasteiger charge is -2.23. The molecule has 1 unspecified atom stereocenters. The fourth-order valence-corrected chi connectivity index (χ4v) is 3.55. The van der Waals surface area contributed by atoms with Gasteiger partial charge in [0, 0.05) is 25.0 Å². The minimum Gasteiger partial charge on any atom is -0.341 e. The van der Waals surface area contributed by atoms with Gasteiger partial charge in [-0.1, -0.05) is 11.6 Å². The van der Waals surface area contributed by atoms with Crippen molar-refractivity contribution in [2.75, 3.05) is 13.6 Å². The van der Waals surface area contributed by atoms with Gasteiger partial charge in [0.1, 0.15) is 5.01 Å². The lowest BCUT2D eigenvalue weighted by molar-refractivity contribution is -0.130. The van der Waals surface area contributed by atoms with Crippen LogP contribution in [0.2, 0.25) is 4.34 Å². The molecule has 1 amide bonds. The molecule has 0 aliphatic carbocycles. The zero-order valence-corrected chi connectivity index (χ0v) is 16.1. The first-order valence-electron chi connectivity index (χ1n) is 6.17. The van der Waals surface area contributed by atoms with Crippen LogP contribution in [0.1, 0.15) is 12.6 Å². The zero-order chi connectivity index (χ0) is 14.7. The van der Waals surface area contributed by atoms with Gasteiger partial charge in [0.2, 0.25) is 5.91 Å². The van der Waals surface area contributed by atoms with Crippen molar-refractivity contribution in [3.05, 3.63) is 27.5 Å². The Kier molecular flexibility index (Phi) is 9.54. The molecular formula is C13H18Cl3N3OS2. The van der Waals surface area contributed by atoms with Crippen molar-refractivity contribution in [1.82, 2.24) is 9.88 Å². The average Bonchev–Trinajstić information content (AvgIpc) is 3.05. The fourth-order valence-electron chi connectivity index (χ4n) is 1.61. The van der Waals surface area contributed by atoms with Crippen LogP contribution < -0.4 is 5.73 Å². The Morgan fingerprint density at radius 3 is 2.68 bits per heavy atom. The standard InChI is InChI=1S/C13H16ClN3OS2.2ClH/c1-8(6-15)17(2)12(18)5-9-7-19-13(16-9)10-3-4-11(14)20-10;;/h3-4,7-8H,5-6,15H2,1-2H3;2*1H. The molecule has 2 aromatic heterocycles. The molecule has 0 aliphatic rings. The third kappa shape index (κ3) is 5.37. The molecule has 1 atom stereocenters. The first kappa shape index (κ1) is 21.6. The average molecular weight is 403 g/mol. The summed E-state index contributed by atoms with van der Waals surface area (Å²) in [5, 5.41) is 2.82. The molecule has 2 rings (SSSR count). The number of halogens is 3. The van der Waals surface area contributed by atoms with Crippen molar-refractivity contribution >= 4 is 65.0 Å². The third-order valence-electron chi connectivity index (χ3n) is 3.06. The maximum Gasteiger partial charge on any atom is 0.228 e. The number of nitrogens with two attached hydrogens (primary N) is 1. The molecule has 0 spiro atoms. The molecule has 22 heavy (non-hydrogen) atoms. The van der Waals surface area contributed by atoms with Gasteiger partial charge in [0.25, 0.3) is 0 Å². The maximum absolute atomic E-state index is 12.1. The van der Waals surface area contributed by atoms with E-state index in [-0.39, 0.29) is 36.8 Å². The molecule has 0 aromatic carbocycles. The van der Waals surface area contributed by atoms with Gasteiger partial charge < -0.3 is 10.6 Å². The normalized spacial score (nSPS) is 11.3. The summed E-state index contributed by atoms with van der Waals surface area (Å²) in [5.41, 5.74) is 6.36. The number of thiophene rings is 1. The molecule has 0 fully saturated rings. The number of likely N-dealkylation sites (N-methyl/N-ethyl adjacent to an activating group) is 1. The highest BCUT2D eigenvalue weighted by molar-refractivity contribution is 7.23. The van der Waals surface area contributed by atoms with Gasteiger partial charge in [0.15, 0.2) is 0 Å². The number of nitrogens with zero attached hydrogens (tertiary/aromatic N) is 2. The van der Waals surface area contributed by atoms with Gasteiger partial charge >= 0.3 is 0 Å². The van der Waals surface area contributed by atoms with Gasteiger partial charge in [-0.2, -0.15) is 0 Å². The van der Waals surface area contributed by atoms with Crippen molar-refractivity contribution in [2.45, 2.75) is 19.4 Å². The van der Waals surface area contributed by atoms with Gasteiger partial charge in [-0.15, -0.1) is 47.5 Å². The van der Waals surface area contributed by atoms with Crippen LogP contribution in [0.4, 0.5) is 0 Å². The lowest BCUT2D eigenvalue weighted by atomic mass is 10.2. The third-order valence-corrected chi connectivity index (χ3v) is 5.36. The van der Waals surface area contributed by atoms with Crippen LogP contribution in [0, 0.1) is 0 Å². The molecule has 2 heterocycles. The Labute approximate surface area is 155 Å². The van der Waals surface area contributed by atoms with Crippen LogP contribution in [0.25, 0.3) is 9.88 Å². The number of amides is 1. The second-order valence-electron chi connectivity index (χ2n) is 4.51. The monoisotopic (exact) mass is 401 g/mol. The number of carbonyl (C=O) groups excluding carboxylic acids is 1. The predicted octanol–water partition coefficient (Wildman–Crippen LogP) is 3.72. The minimum absolute atomic E-state index is 0. The van der Waals surface area contributed by atoms with E-state index in [9.17, 15) is 4.79 Å². The Morgan fingerprint density at radius 2 is 2.14 bits per heavy atom. The molecule has 4 nitrogen and oxygen atoms in total. The molecule has 2 N–H and O–H groups in total. The summed E-state index contributed by atoms with van der Waals surface area (Å²) in [6.45, 7) is 2.39. The van der Waals surface area contributed by atoms with Crippen LogP contribution >= 0.6 is 59.1 Å². The number of aromatic nitrogens is 1. The molecule has 0 bridgehead atoms. The quantitative estimate of drug-likeness (QED) is 0.829. The molecule has 0 saturated heterocycles. The number of thiazole rings is 1. The Balaban J connectivity index is 0.00000220. The predicted molar refractivity (Wildman–Crippen MR) is 99.9 cm³/mol. The molecule has 2 aromatic rings. The minimum atomic E-state index is 0. The SMILES string of the molecule is CC(CN)N(C)C(=O)Cc1csc(-c2ccc(Cl)s2)n1.Cl.Cl. The van der Waals surface area contributed by atoms with E-state index < -0.39 is 0 Å². The Bertz CT molecular complexity index is 603. The molecule has 9 heteroatoms. The van der Waals surface area contributed by atoms with Gasteiger partial charge in [-0.05, 0) is 19.1 Å². The summed E-state index contributed by atoms with van der Waals surface area (Å²) in [4.78, 5) is 19.3. The number of rotatable bonds is 5. The molecule has 0 radical (unpaired) electrons. The van der Waals surface area contributed by atoms with Crippen molar-refractivity contribution in [2.24, 2.45) is 5.73 Å². The zero-order valence-electron chi connectivity index (χ0n) is 12.1. The van der Waals surface area contributed by atoms with Gasteiger partial charge in [-0.25, -0.2) is 4.98 Å². The van der Waals surface area contributed by atoms with Crippen molar-refractivity contribution < 1.29 is 4.79 Å². The van der Waals surface area contributed by atoms with Crippen LogP contribution in [0.3, 0.4) is 0 Å². The summed E-state index contributed by atoms with van der Waals surface area (Å²) >= 11 is 8.93. The summed E-state index contributed by atoms with van der Waals surface area (Å²) < 4.78 is 0.740. The summed E-state index contributed by atoms with van der Waals surface area (Å²) in [7, 11) is 1.77.